The van der Waals surface area contributed by atoms with Crippen LogP contribution >= 0.6 is 15.9 Å². The Hall–Kier alpha value is -0.590. The van der Waals surface area contributed by atoms with Crippen molar-refractivity contribution in [2.45, 2.75) is 19.1 Å². The summed E-state index contributed by atoms with van der Waals surface area (Å²) < 4.78 is 27.0. The zero-order chi connectivity index (χ0) is 12.3. The van der Waals surface area contributed by atoms with Gasteiger partial charge >= 0.3 is 0 Å². The Morgan fingerprint density at radius 3 is 2.69 bits per heavy atom. The molecule has 0 saturated carbocycles. The zero-order valence-corrected chi connectivity index (χ0v) is 11.6. The van der Waals surface area contributed by atoms with Crippen LogP contribution in [0.1, 0.15) is 12.5 Å². The predicted octanol–water partition coefficient (Wildman–Crippen LogP) is 1.85. The van der Waals surface area contributed by atoms with E-state index in [2.05, 4.69) is 20.7 Å². The lowest BCUT2D eigenvalue weighted by atomic mass is 10.2. The van der Waals surface area contributed by atoms with Crippen LogP contribution in [0.3, 0.4) is 0 Å². The smallest absolute Gasteiger partial charge is 0.236 e. The lowest BCUT2D eigenvalue weighted by Crippen LogP contribution is -2.31. The van der Waals surface area contributed by atoms with E-state index in [0.29, 0.717) is 5.69 Å². The Morgan fingerprint density at radius 1 is 1.50 bits per heavy atom. The molecule has 4 nitrogen and oxygen atoms in total. The van der Waals surface area contributed by atoms with Gasteiger partial charge in [-0.1, -0.05) is 22.0 Å². The van der Waals surface area contributed by atoms with Crippen LogP contribution in [0.2, 0.25) is 0 Å². The summed E-state index contributed by atoms with van der Waals surface area (Å²) in [5.41, 5.74) is 6.79. The molecular weight excluding hydrogens is 292 g/mol. The minimum Gasteiger partial charge on any atom is -0.329 e. The Morgan fingerprint density at radius 2 is 2.12 bits per heavy atom. The van der Waals surface area contributed by atoms with Crippen LogP contribution in [0.4, 0.5) is 5.69 Å². The molecule has 0 radical (unpaired) electrons. The fraction of sp³-hybridized carbons (Fsp3) is 0.400. The zero-order valence-electron chi connectivity index (χ0n) is 9.20. The fourth-order valence-electron chi connectivity index (χ4n) is 1.10. The van der Waals surface area contributed by atoms with Gasteiger partial charge in [-0.3, -0.25) is 4.72 Å². The fourth-order valence-corrected chi connectivity index (χ4v) is 2.45. The molecule has 1 unspecified atom stereocenters. The van der Waals surface area contributed by atoms with E-state index in [1.54, 1.807) is 19.1 Å². The summed E-state index contributed by atoms with van der Waals surface area (Å²) in [6, 6.07) is 5.36. The molecule has 1 aromatic carbocycles. The summed E-state index contributed by atoms with van der Waals surface area (Å²) in [6.07, 6.45) is 0. The first-order chi connectivity index (χ1) is 7.38. The second kappa shape index (κ2) is 5.16. The predicted molar refractivity (Wildman–Crippen MR) is 69.9 cm³/mol. The van der Waals surface area contributed by atoms with Gasteiger partial charge < -0.3 is 5.73 Å². The number of nitrogens with two attached hydrogens (primary N) is 1. The summed E-state index contributed by atoms with van der Waals surface area (Å²) in [5.74, 6) is 0. The molecule has 1 rings (SSSR count). The van der Waals surface area contributed by atoms with Crippen molar-refractivity contribution in [3.63, 3.8) is 0 Å². The molecule has 3 N–H and O–H groups in total. The second-order valence-corrected chi connectivity index (χ2v) is 6.56. The van der Waals surface area contributed by atoms with Gasteiger partial charge in [-0.05, 0) is 31.5 Å². The summed E-state index contributed by atoms with van der Waals surface area (Å²) >= 11 is 3.35. The number of halogens is 1. The summed E-state index contributed by atoms with van der Waals surface area (Å²) in [5, 5.41) is -0.606. The van der Waals surface area contributed by atoms with Crippen molar-refractivity contribution < 1.29 is 8.42 Å². The van der Waals surface area contributed by atoms with Gasteiger partial charge in [0.25, 0.3) is 0 Å². The first-order valence-corrected chi connectivity index (χ1v) is 7.19. The average Bonchev–Trinajstić information content (AvgIpc) is 2.23. The number of hydrogen-bond donors (Lipinski definition) is 2. The minimum atomic E-state index is -3.40. The van der Waals surface area contributed by atoms with Gasteiger partial charge in [0.1, 0.15) is 0 Å². The molecular formula is C10H15BrN2O2S. The molecule has 1 aromatic rings. The standard InChI is InChI=1S/C10H15BrN2O2S/c1-7(6-12)16(14,15)13-10-5-3-4-9(11)8(10)2/h3-5,7,13H,6,12H2,1-2H3. The molecule has 0 fully saturated rings. The van der Waals surface area contributed by atoms with E-state index < -0.39 is 15.3 Å². The highest BCUT2D eigenvalue weighted by molar-refractivity contribution is 9.10. The largest absolute Gasteiger partial charge is 0.329 e. The molecule has 0 aliphatic rings. The number of rotatable bonds is 4. The van der Waals surface area contributed by atoms with Crippen molar-refractivity contribution >= 4 is 31.6 Å². The highest BCUT2D eigenvalue weighted by Crippen LogP contribution is 2.24. The minimum absolute atomic E-state index is 0.0996. The first kappa shape index (κ1) is 13.5. The summed E-state index contributed by atoms with van der Waals surface area (Å²) in [7, 11) is -3.40. The molecule has 6 heteroatoms. The van der Waals surface area contributed by atoms with E-state index in [0.717, 1.165) is 10.0 Å². The maximum atomic E-state index is 11.8. The van der Waals surface area contributed by atoms with E-state index in [1.165, 1.54) is 0 Å². The lowest BCUT2D eigenvalue weighted by molar-refractivity contribution is 0.589. The van der Waals surface area contributed by atoms with Gasteiger partial charge in [0, 0.05) is 11.0 Å². The van der Waals surface area contributed by atoms with E-state index in [-0.39, 0.29) is 6.54 Å². The molecule has 0 amide bonds. The van der Waals surface area contributed by atoms with E-state index in [4.69, 9.17) is 5.73 Å². The molecule has 0 bridgehead atoms. The van der Waals surface area contributed by atoms with Gasteiger partial charge in [0.15, 0.2) is 0 Å². The maximum absolute atomic E-state index is 11.8. The molecule has 0 saturated heterocycles. The normalized spacial score (nSPS) is 13.5. The van der Waals surface area contributed by atoms with Gasteiger partial charge in [-0.25, -0.2) is 8.42 Å². The van der Waals surface area contributed by atoms with Crippen molar-refractivity contribution in [2.24, 2.45) is 5.73 Å². The molecule has 0 aromatic heterocycles. The molecule has 0 aliphatic heterocycles. The van der Waals surface area contributed by atoms with Crippen molar-refractivity contribution in [2.75, 3.05) is 11.3 Å². The molecule has 90 valence electrons. The Kier molecular flexibility index (Phi) is 4.35. The number of nitrogens with one attached hydrogen (secondary N) is 1. The highest BCUT2D eigenvalue weighted by atomic mass is 79.9. The Balaban J connectivity index is 3.02. The number of sulfonamides is 1. The quantitative estimate of drug-likeness (QED) is 0.891. The van der Waals surface area contributed by atoms with Crippen molar-refractivity contribution in [1.29, 1.82) is 0 Å². The second-order valence-electron chi connectivity index (χ2n) is 3.61. The molecule has 0 heterocycles. The number of benzene rings is 1. The molecule has 0 spiro atoms. The molecule has 0 aliphatic carbocycles. The van der Waals surface area contributed by atoms with Crippen LogP contribution in [0.5, 0.6) is 0 Å². The lowest BCUT2D eigenvalue weighted by Gasteiger charge is -2.15. The van der Waals surface area contributed by atoms with Crippen LogP contribution in [0.15, 0.2) is 22.7 Å². The van der Waals surface area contributed by atoms with Crippen LogP contribution in [-0.2, 0) is 10.0 Å². The number of hydrogen-bond acceptors (Lipinski definition) is 3. The van der Waals surface area contributed by atoms with Gasteiger partial charge in [0.05, 0.1) is 10.9 Å². The van der Waals surface area contributed by atoms with Crippen LogP contribution in [-0.4, -0.2) is 20.2 Å². The van der Waals surface area contributed by atoms with Crippen molar-refractivity contribution in [3.8, 4) is 0 Å². The van der Waals surface area contributed by atoms with Crippen molar-refractivity contribution in [1.82, 2.24) is 0 Å². The maximum Gasteiger partial charge on any atom is 0.236 e. The molecule has 16 heavy (non-hydrogen) atoms. The third-order valence-corrected chi connectivity index (χ3v) is 5.00. The van der Waals surface area contributed by atoms with E-state index in [1.807, 2.05) is 13.0 Å². The SMILES string of the molecule is Cc1c(Br)cccc1NS(=O)(=O)C(C)CN. The van der Waals surface area contributed by atoms with Crippen LogP contribution in [0, 0.1) is 6.92 Å². The topological polar surface area (TPSA) is 72.2 Å². The Bertz CT molecular complexity index is 474. The van der Waals surface area contributed by atoms with Gasteiger partial charge in [-0.2, -0.15) is 0 Å². The van der Waals surface area contributed by atoms with Gasteiger partial charge in [0.2, 0.25) is 10.0 Å². The van der Waals surface area contributed by atoms with E-state index >= 15 is 0 Å². The number of anilines is 1. The Labute approximate surface area is 104 Å². The van der Waals surface area contributed by atoms with Gasteiger partial charge in [-0.15, -0.1) is 0 Å². The summed E-state index contributed by atoms with van der Waals surface area (Å²) in [6.45, 7) is 3.52. The van der Waals surface area contributed by atoms with Crippen molar-refractivity contribution in [3.05, 3.63) is 28.2 Å². The summed E-state index contributed by atoms with van der Waals surface area (Å²) in [4.78, 5) is 0. The first-order valence-electron chi connectivity index (χ1n) is 4.85. The van der Waals surface area contributed by atoms with E-state index in [9.17, 15) is 8.42 Å². The molecule has 1 atom stereocenters. The highest BCUT2D eigenvalue weighted by Gasteiger charge is 2.19. The monoisotopic (exact) mass is 306 g/mol. The average molecular weight is 307 g/mol. The van der Waals surface area contributed by atoms with Crippen LogP contribution in [0.25, 0.3) is 0 Å². The third kappa shape index (κ3) is 2.96. The third-order valence-electron chi connectivity index (χ3n) is 2.38. The van der Waals surface area contributed by atoms with Crippen LogP contribution < -0.4 is 10.5 Å².